The number of rotatable bonds is 8. The van der Waals surface area contributed by atoms with E-state index in [0.29, 0.717) is 0 Å². The second-order valence-corrected chi connectivity index (χ2v) is 9.69. The molecular weight excluding hydrogens is 400 g/mol. The first-order valence-electron chi connectivity index (χ1n) is 7.80. The SMILES string of the molecule is CCCCC1=[C]([W][C]2=C(CCCC)C=CC2)CC=C1. The Balaban J connectivity index is 1.99. The summed E-state index contributed by atoms with van der Waals surface area (Å²) in [6.45, 7) is 4.59. The van der Waals surface area contributed by atoms with Crippen LogP contribution in [0.3, 0.4) is 0 Å². The van der Waals surface area contributed by atoms with E-state index in [0.717, 1.165) is 0 Å². The molecule has 0 N–H and O–H groups in total. The van der Waals surface area contributed by atoms with E-state index in [1.807, 2.05) is 7.93 Å². The van der Waals surface area contributed by atoms with Gasteiger partial charge in [-0.1, -0.05) is 0 Å². The molecule has 0 spiro atoms. The van der Waals surface area contributed by atoms with Gasteiger partial charge in [-0.15, -0.1) is 0 Å². The average molecular weight is 426 g/mol. The van der Waals surface area contributed by atoms with Crippen molar-refractivity contribution in [1.29, 1.82) is 0 Å². The minimum atomic E-state index is -0.430. The van der Waals surface area contributed by atoms with Crippen molar-refractivity contribution in [2.75, 3.05) is 0 Å². The van der Waals surface area contributed by atoms with Gasteiger partial charge in [0.2, 0.25) is 0 Å². The molecule has 0 atom stereocenters. The first kappa shape index (κ1) is 15.0. The molecule has 1 heteroatoms. The van der Waals surface area contributed by atoms with Gasteiger partial charge in [0.25, 0.3) is 0 Å². The summed E-state index contributed by atoms with van der Waals surface area (Å²) in [5.74, 6) is 0. The fourth-order valence-corrected chi connectivity index (χ4v) is 7.13. The maximum absolute atomic E-state index is 2.42. The average Bonchev–Trinajstić information content (AvgIpc) is 3.04. The van der Waals surface area contributed by atoms with Gasteiger partial charge >= 0.3 is 127 Å². The van der Waals surface area contributed by atoms with Crippen LogP contribution in [0.5, 0.6) is 0 Å². The summed E-state index contributed by atoms with van der Waals surface area (Å²) in [5, 5.41) is 0. The summed E-state index contributed by atoms with van der Waals surface area (Å²) in [6.07, 6.45) is 20.2. The third-order valence-corrected chi connectivity index (χ3v) is 8.66. The van der Waals surface area contributed by atoms with E-state index in [9.17, 15) is 0 Å². The van der Waals surface area contributed by atoms with Gasteiger partial charge in [-0.05, 0) is 0 Å². The van der Waals surface area contributed by atoms with Gasteiger partial charge in [-0.25, -0.2) is 0 Å². The number of unbranched alkanes of at least 4 members (excludes halogenated alkanes) is 2. The molecule has 0 aliphatic heterocycles. The Hall–Kier alpha value is -0.352. The van der Waals surface area contributed by atoms with Crippen LogP contribution < -0.4 is 0 Å². The van der Waals surface area contributed by atoms with Gasteiger partial charge in [0.1, 0.15) is 0 Å². The number of hydrogen-bond acceptors (Lipinski definition) is 0. The van der Waals surface area contributed by atoms with E-state index in [-0.39, 0.29) is 0 Å². The van der Waals surface area contributed by atoms with Crippen LogP contribution in [0.25, 0.3) is 0 Å². The van der Waals surface area contributed by atoms with Crippen molar-refractivity contribution in [2.45, 2.75) is 65.2 Å². The van der Waals surface area contributed by atoms with Crippen molar-refractivity contribution in [2.24, 2.45) is 0 Å². The van der Waals surface area contributed by atoms with Crippen LogP contribution in [0.4, 0.5) is 0 Å². The van der Waals surface area contributed by atoms with E-state index in [1.54, 1.807) is 11.1 Å². The molecule has 0 aromatic rings. The fourth-order valence-electron chi connectivity index (χ4n) is 2.61. The Morgan fingerprint density at radius 1 is 0.842 bits per heavy atom. The minimum absolute atomic E-state index is 0.430. The topological polar surface area (TPSA) is 0 Å². The molecule has 0 aromatic carbocycles. The molecule has 0 saturated heterocycles. The molecule has 19 heavy (non-hydrogen) atoms. The van der Waals surface area contributed by atoms with Crippen LogP contribution in [0.15, 0.2) is 43.4 Å². The van der Waals surface area contributed by atoms with Crippen LogP contribution in [0.1, 0.15) is 65.2 Å². The first-order valence-corrected chi connectivity index (χ1v) is 10.7. The molecule has 2 aliphatic rings. The van der Waals surface area contributed by atoms with Crippen molar-refractivity contribution in [3.05, 3.63) is 43.4 Å². The number of hydrogen-bond donors (Lipinski definition) is 0. The van der Waals surface area contributed by atoms with Gasteiger partial charge < -0.3 is 0 Å². The second-order valence-electron chi connectivity index (χ2n) is 5.42. The molecule has 0 amide bonds. The van der Waals surface area contributed by atoms with Crippen molar-refractivity contribution in [3.63, 3.8) is 0 Å². The molecule has 0 unspecified atom stereocenters. The monoisotopic (exact) mass is 426 g/mol. The van der Waals surface area contributed by atoms with Crippen molar-refractivity contribution in [3.8, 4) is 0 Å². The second kappa shape index (κ2) is 8.05. The Morgan fingerprint density at radius 2 is 1.32 bits per heavy atom. The van der Waals surface area contributed by atoms with Crippen LogP contribution in [-0.4, -0.2) is 0 Å². The van der Waals surface area contributed by atoms with Gasteiger partial charge in [-0.2, -0.15) is 0 Å². The number of allylic oxidation sites excluding steroid dienone is 8. The summed E-state index contributed by atoms with van der Waals surface area (Å²) in [7, 11) is 0. The van der Waals surface area contributed by atoms with Gasteiger partial charge in [-0.3, -0.25) is 0 Å². The van der Waals surface area contributed by atoms with Crippen LogP contribution >= 0.6 is 0 Å². The van der Waals surface area contributed by atoms with E-state index < -0.39 is 18.6 Å². The Morgan fingerprint density at radius 3 is 1.74 bits per heavy atom. The third-order valence-electron chi connectivity index (χ3n) is 3.81. The molecule has 104 valence electrons. The van der Waals surface area contributed by atoms with Crippen LogP contribution in [-0.2, 0) is 18.6 Å². The zero-order chi connectivity index (χ0) is 13.5. The standard InChI is InChI=1S/2C9H13.W/c2*1-2-3-6-9-7-4-5-8-9;/h2*4,7H,2-3,5-6H2,1H3;. The summed E-state index contributed by atoms with van der Waals surface area (Å²) in [5.41, 5.74) is 3.42. The molecule has 0 radical (unpaired) electrons. The van der Waals surface area contributed by atoms with Gasteiger partial charge in [0.05, 0.1) is 0 Å². The fraction of sp³-hybridized carbons (Fsp3) is 0.556. The van der Waals surface area contributed by atoms with Crippen molar-refractivity contribution in [1.82, 2.24) is 0 Å². The molecule has 0 heterocycles. The Labute approximate surface area is 127 Å². The van der Waals surface area contributed by atoms with Crippen LogP contribution in [0.2, 0.25) is 0 Å². The predicted octanol–water partition coefficient (Wildman–Crippen LogP) is 5.88. The summed E-state index contributed by atoms with van der Waals surface area (Å²) in [4.78, 5) is 0. The van der Waals surface area contributed by atoms with Gasteiger partial charge in [0.15, 0.2) is 0 Å². The molecule has 0 aromatic heterocycles. The zero-order valence-corrected chi connectivity index (χ0v) is 15.3. The quantitative estimate of drug-likeness (QED) is 0.455. The predicted molar refractivity (Wildman–Crippen MR) is 80.6 cm³/mol. The maximum atomic E-state index is 2.42. The van der Waals surface area contributed by atoms with E-state index in [2.05, 4.69) is 38.2 Å². The molecule has 0 bridgehead atoms. The summed E-state index contributed by atoms with van der Waals surface area (Å²) < 4.78 is 3.72. The van der Waals surface area contributed by atoms with Crippen molar-refractivity contribution >= 4 is 0 Å². The van der Waals surface area contributed by atoms with E-state index in [4.69, 9.17) is 0 Å². The normalized spacial score (nSPS) is 18.2. The zero-order valence-electron chi connectivity index (χ0n) is 12.4. The molecule has 2 rings (SSSR count). The van der Waals surface area contributed by atoms with Crippen molar-refractivity contribution < 1.29 is 18.6 Å². The van der Waals surface area contributed by atoms with E-state index >= 15 is 0 Å². The molecule has 0 fully saturated rings. The molecule has 2 aliphatic carbocycles. The van der Waals surface area contributed by atoms with Crippen LogP contribution in [0, 0.1) is 0 Å². The summed E-state index contributed by atoms with van der Waals surface area (Å²) >= 11 is -0.430. The third kappa shape index (κ3) is 4.31. The molecule has 0 saturated carbocycles. The Kier molecular flexibility index (Phi) is 6.38. The van der Waals surface area contributed by atoms with E-state index in [1.165, 1.54) is 51.4 Å². The molecule has 0 nitrogen and oxygen atoms in total. The first-order chi connectivity index (χ1) is 9.35. The van der Waals surface area contributed by atoms with Gasteiger partial charge in [0, 0.05) is 0 Å². The summed E-state index contributed by atoms with van der Waals surface area (Å²) in [6, 6.07) is 0. The Bertz CT molecular complexity index is 381. The molecular formula is C18H26W.